The van der Waals surface area contributed by atoms with E-state index in [-0.39, 0.29) is 58.8 Å². The Labute approximate surface area is 689 Å². The number of halogens is 1. The van der Waals surface area contributed by atoms with E-state index in [9.17, 15) is 65.1 Å². The van der Waals surface area contributed by atoms with Gasteiger partial charge in [-0.3, -0.25) is 45.5 Å². The van der Waals surface area contributed by atoms with Crippen molar-refractivity contribution in [2.24, 2.45) is 17.6 Å². The molecule has 6 heterocycles. The van der Waals surface area contributed by atoms with Crippen LogP contribution in [0.1, 0.15) is 213 Å². The number of hydrogen-bond donors (Lipinski definition) is 19. The average molecular weight is 1680 g/mol. The maximum Gasteiger partial charge on any atom is 0.408 e. The zero-order valence-corrected chi connectivity index (χ0v) is 70.1. The van der Waals surface area contributed by atoms with Crippen molar-refractivity contribution in [1.29, 1.82) is 0 Å². The monoisotopic (exact) mass is 1680 g/mol. The van der Waals surface area contributed by atoms with Crippen molar-refractivity contribution in [3.63, 3.8) is 0 Å². The number of rotatable bonds is 32. The zero-order chi connectivity index (χ0) is 80.5. The number of H-pyrrole nitrogens is 2. The third kappa shape index (κ3) is 29.9. The number of alkyl carbamates (subject to hydrolysis) is 2. The number of aliphatic hydroxyl groups excluding tert-OH is 8. The molecular formula is C77H131ClN16O15S4. The Morgan fingerprint density at radius 1 is 0.584 bits per heavy atom. The van der Waals surface area contributed by atoms with Gasteiger partial charge in [-0.05, 0) is 152 Å². The van der Waals surface area contributed by atoms with Crippen LogP contribution in [0, 0.1) is 11.8 Å². The van der Waals surface area contributed by atoms with Crippen LogP contribution < -0.4 is 43.0 Å². The van der Waals surface area contributed by atoms with Crippen LogP contribution in [0.2, 0.25) is 0 Å². The van der Waals surface area contributed by atoms with Crippen LogP contribution in [0.15, 0.2) is 73.3 Å². The lowest BCUT2D eigenvalue weighted by atomic mass is 9.83. The van der Waals surface area contributed by atoms with Crippen LogP contribution in [0.4, 0.5) is 9.59 Å². The van der Waals surface area contributed by atoms with E-state index in [1.54, 1.807) is 20.8 Å². The van der Waals surface area contributed by atoms with Crippen LogP contribution in [-0.2, 0) is 19.1 Å². The summed E-state index contributed by atoms with van der Waals surface area (Å²) in [5.41, 5.74) is 6.14. The molecule has 31 nitrogen and oxygen atoms in total. The molecule has 2 aromatic carbocycles. The molecule has 0 radical (unpaired) electrons. The Morgan fingerprint density at radius 3 is 1.50 bits per heavy atom. The summed E-state index contributed by atoms with van der Waals surface area (Å²) >= 11 is 7.34. The van der Waals surface area contributed by atoms with E-state index in [1.165, 1.54) is 19.1 Å². The highest BCUT2D eigenvalue weighted by Crippen LogP contribution is 2.53. The molecule has 36 heteroatoms. The van der Waals surface area contributed by atoms with E-state index in [0.717, 1.165) is 111 Å². The van der Waals surface area contributed by atoms with Gasteiger partial charge in [0.1, 0.15) is 79.1 Å². The molecule has 10 unspecified atom stereocenters. The lowest BCUT2D eigenvalue weighted by molar-refractivity contribution is -0.135. The van der Waals surface area contributed by atoms with Crippen molar-refractivity contribution in [3.8, 4) is 0 Å². The summed E-state index contributed by atoms with van der Waals surface area (Å²) in [5.74, 6) is 4.30. The summed E-state index contributed by atoms with van der Waals surface area (Å²) in [5, 5.41) is 130. The van der Waals surface area contributed by atoms with Crippen molar-refractivity contribution in [3.05, 3.63) is 96.1 Å². The molecule has 20 N–H and O–H groups in total. The first-order chi connectivity index (χ1) is 52.9. The SMILES string of the molecule is C.CC(C)(C)OC(=O)NC(C1CCCCC1)[C@@H](O)N1CC2(CC1C(O)O)SCCCS2.CCCC(N)C(O)[C@H](O)NC[C@@H](O)NC(c1ccccc1)c1ncn[nH]1.CCCC(NC(=O)C1CC2(CN1[C@H](O)C(NC(=O)OC(C)(C)C)C1CCCCC1)SCCCS2)C(O)[C@H](O)NCC(=O)NC(c1ccccc1)c1ncn[nH]1.Cl. The first-order valence-corrected chi connectivity index (χ1v) is 43.4. The number of carbonyl (C=O) groups is 4. The fourth-order valence-corrected chi connectivity index (χ4v) is 22.1. The Hall–Kier alpha value is -4.71. The number of ether oxygens (including phenoxy) is 2. The van der Waals surface area contributed by atoms with E-state index in [1.807, 2.05) is 152 Å². The molecule has 4 aliphatic heterocycles. The fraction of sp³-hybridized carbons (Fsp3) is 0.740. The molecule has 10 rings (SSSR count). The number of nitrogens with one attached hydrogen (secondary N) is 9. The minimum Gasteiger partial charge on any atom is -0.444 e. The quantitative estimate of drug-likeness (QED) is 0.0250. The summed E-state index contributed by atoms with van der Waals surface area (Å²) in [7, 11) is 0. The number of benzene rings is 2. The van der Waals surface area contributed by atoms with Crippen molar-refractivity contribution in [1.82, 2.24) is 77.4 Å². The van der Waals surface area contributed by atoms with Gasteiger partial charge in [0.2, 0.25) is 11.8 Å². The molecule has 2 aromatic heterocycles. The minimum absolute atomic E-state index is 0. The summed E-state index contributed by atoms with van der Waals surface area (Å²) in [6.07, 6.45) is 7.21. The standard InChI is InChI=1S/C38H60N8O7S2.C21H38N2O5S2.C17H28N6O3.CH4.ClH/c1-5-13-26(31(48)34(50)39-21-28(47)43-29(32-40-23-41-45-32)24-14-8-6-9-15-24)42-33(49)27-20-38(54-18-12-19-55-38)22-46(27)35(51)30(25-16-10-7-11-17-25)44-36(52)53-37(2,3)4;1-20(2,3)28-19(27)22-16(14-8-5-4-6-9-14)17(24)23-13-21(12-15(23)18(25)26)29-10-7-11-30-21;1-2-6-12(18)15(25)17(26)19-9-13(24)22-14(16-20-10-21-23-16)11-7-4-3-5-8-11;;/h6,8-9,14-15,23,25-27,29-31,34-35,39,48,50-51H,5,7,10-13,16-22H2,1-4H3,(H,42,49)(H,43,47)(H,44,52)(H,40,41,45);14-18,24-26H,4-13H2,1-3H3,(H,22,27);3-5,7-8,10,12-15,17,19,22,24-26H,2,6,9,18H2,1H3,(H,20,21,23);1H4;1H/t26?,27?,29?,30?,31?,34-,35+;15?,16?,17-;12?,13-,14?,15?,17+;;/m011../s1. The van der Waals surface area contributed by atoms with Gasteiger partial charge in [-0.2, -0.15) is 10.2 Å². The van der Waals surface area contributed by atoms with Gasteiger partial charge < -0.3 is 82.4 Å². The number of aromatic amines is 2. The third-order valence-electron chi connectivity index (χ3n) is 20.8. The second-order valence-corrected chi connectivity index (χ2v) is 38.3. The third-order valence-corrected chi connectivity index (χ3v) is 27.4. The van der Waals surface area contributed by atoms with Gasteiger partial charge in [0.05, 0.1) is 51.0 Å². The van der Waals surface area contributed by atoms with Crippen LogP contribution >= 0.6 is 59.5 Å². The molecule has 2 saturated carbocycles. The lowest BCUT2D eigenvalue weighted by Gasteiger charge is -2.40. The Balaban J connectivity index is 0.000000289. The topological polar surface area (TPSA) is 469 Å². The van der Waals surface area contributed by atoms with E-state index < -0.39 is 127 Å². The largest absolute Gasteiger partial charge is 0.444 e. The van der Waals surface area contributed by atoms with Gasteiger partial charge in [0.15, 0.2) is 12.1 Å². The van der Waals surface area contributed by atoms with Crippen molar-refractivity contribution < 1.29 is 74.6 Å². The molecule has 6 aliphatic rings. The van der Waals surface area contributed by atoms with Crippen LogP contribution in [0.25, 0.3) is 0 Å². The number of carbonyl (C=O) groups excluding carboxylic acids is 4. The van der Waals surface area contributed by atoms with E-state index >= 15 is 0 Å². The first kappa shape index (κ1) is 97.1. The number of likely N-dealkylation sites (tertiary alicyclic amines) is 2. The number of nitrogens with two attached hydrogens (primary N) is 1. The number of aromatic nitrogens is 6. The number of nitrogens with zero attached hydrogens (tertiary/aromatic N) is 6. The smallest absolute Gasteiger partial charge is 0.408 e. The summed E-state index contributed by atoms with van der Waals surface area (Å²) < 4.78 is 10.6. The lowest BCUT2D eigenvalue weighted by Crippen LogP contribution is -2.61. The molecule has 4 aromatic rings. The Kier molecular flexibility index (Phi) is 40.5. The highest BCUT2D eigenvalue weighted by molar-refractivity contribution is 8.19. The van der Waals surface area contributed by atoms with Crippen molar-refractivity contribution in [2.45, 2.75) is 296 Å². The summed E-state index contributed by atoms with van der Waals surface area (Å²) in [6.45, 7) is 15.4. The molecule has 4 saturated heterocycles. The summed E-state index contributed by atoms with van der Waals surface area (Å²) in [6, 6.07) is 13.9. The maximum atomic E-state index is 14.4. The predicted octanol–water partition coefficient (Wildman–Crippen LogP) is 5.98. The van der Waals surface area contributed by atoms with E-state index in [0.29, 0.717) is 56.8 Å². The fourth-order valence-electron chi connectivity index (χ4n) is 15.3. The van der Waals surface area contributed by atoms with Gasteiger partial charge in [-0.15, -0.1) is 59.5 Å². The molecule has 640 valence electrons. The van der Waals surface area contributed by atoms with Crippen LogP contribution in [0.3, 0.4) is 0 Å². The molecule has 6 fully saturated rings. The van der Waals surface area contributed by atoms with Gasteiger partial charge in [0, 0.05) is 25.7 Å². The average Bonchev–Trinajstić information content (AvgIpc) is 1.62. The van der Waals surface area contributed by atoms with Crippen LogP contribution in [-0.4, -0.2) is 265 Å². The van der Waals surface area contributed by atoms with Gasteiger partial charge in [0.25, 0.3) is 0 Å². The number of amides is 4. The van der Waals surface area contributed by atoms with E-state index in [4.69, 9.17) is 15.2 Å². The highest BCUT2D eigenvalue weighted by atomic mass is 35.5. The Bertz CT molecular complexity index is 3350. The van der Waals surface area contributed by atoms with Gasteiger partial charge >= 0.3 is 12.2 Å². The van der Waals surface area contributed by atoms with E-state index in [2.05, 4.69) is 67.6 Å². The Morgan fingerprint density at radius 2 is 1.04 bits per heavy atom. The normalized spacial score (nSPS) is 22.4. The zero-order valence-electron chi connectivity index (χ0n) is 66.0. The van der Waals surface area contributed by atoms with Crippen molar-refractivity contribution in [2.75, 3.05) is 49.2 Å². The minimum atomic E-state index is -1.54. The second kappa shape index (κ2) is 47.2. The first-order valence-electron chi connectivity index (χ1n) is 39.5. The molecule has 113 heavy (non-hydrogen) atoms. The van der Waals surface area contributed by atoms with Gasteiger partial charge in [-0.1, -0.05) is 133 Å². The van der Waals surface area contributed by atoms with Gasteiger partial charge in [-0.25, -0.2) is 19.6 Å². The molecular weight excluding hydrogens is 1550 g/mol. The maximum absolute atomic E-state index is 14.4. The van der Waals surface area contributed by atoms with Crippen LogP contribution in [0.5, 0.6) is 0 Å². The molecule has 2 aliphatic carbocycles. The molecule has 0 bridgehead atoms. The number of hydrogen-bond acceptors (Lipinski definition) is 29. The summed E-state index contributed by atoms with van der Waals surface area (Å²) in [4.78, 5) is 65.1. The second-order valence-electron chi connectivity index (χ2n) is 31.8. The number of thioether (sulfide) groups is 4. The predicted molar refractivity (Wildman–Crippen MR) is 445 cm³/mol. The highest BCUT2D eigenvalue weighted by Gasteiger charge is 2.55. The molecule has 15 atom stereocenters. The molecule has 2 spiro atoms. The number of aliphatic hydroxyl groups is 9. The van der Waals surface area contributed by atoms with Crippen molar-refractivity contribution >= 4 is 83.5 Å². The molecule has 4 amide bonds.